The van der Waals surface area contributed by atoms with Gasteiger partial charge >= 0.3 is 0 Å². The standard InChI is InChI=1S/C18H27NS/c1-2-18(16-6-4-3-5-7-16)11-15-8-9-17(10-15,12-18)13-20-14-19/h3-7,15H,2,8-14,19H2,1H3. The summed E-state index contributed by atoms with van der Waals surface area (Å²) in [5, 5.41) is 0. The highest BCUT2D eigenvalue weighted by molar-refractivity contribution is 7.99. The SMILES string of the molecule is CCC1(c2ccccc2)CC2CCC(CSCN)(C2)C1. The Bertz CT molecular complexity index is 446. The lowest BCUT2D eigenvalue weighted by atomic mass is 9.59. The third-order valence-electron chi connectivity index (χ3n) is 5.79. The lowest BCUT2D eigenvalue weighted by Gasteiger charge is -2.47. The smallest absolute Gasteiger partial charge is 0.0392 e. The van der Waals surface area contributed by atoms with Gasteiger partial charge in [-0.3, -0.25) is 0 Å². The van der Waals surface area contributed by atoms with E-state index < -0.39 is 0 Å². The van der Waals surface area contributed by atoms with Gasteiger partial charge < -0.3 is 5.73 Å². The van der Waals surface area contributed by atoms with Crippen LogP contribution >= 0.6 is 11.8 Å². The Kier molecular flexibility index (Phi) is 4.14. The minimum Gasteiger partial charge on any atom is -0.322 e. The first-order valence-corrected chi connectivity index (χ1v) is 9.21. The molecule has 0 saturated heterocycles. The molecule has 3 atom stereocenters. The molecule has 0 radical (unpaired) electrons. The molecule has 1 aromatic rings. The van der Waals surface area contributed by atoms with Crippen molar-refractivity contribution in [3.05, 3.63) is 35.9 Å². The quantitative estimate of drug-likeness (QED) is 0.804. The van der Waals surface area contributed by atoms with Crippen LogP contribution in [0, 0.1) is 11.3 Å². The fraction of sp³-hybridized carbons (Fsp3) is 0.667. The average Bonchev–Trinajstić information content (AvgIpc) is 2.81. The number of fused-ring (bicyclic) bond motifs is 2. The van der Waals surface area contributed by atoms with Crippen LogP contribution in [-0.2, 0) is 5.41 Å². The molecule has 20 heavy (non-hydrogen) atoms. The fourth-order valence-corrected chi connectivity index (χ4v) is 5.86. The molecule has 2 aliphatic rings. The number of hydrogen-bond acceptors (Lipinski definition) is 2. The van der Waals surface area contributed by atoms with E-state index in [1.807, 2.05) is 11.8 Å². The molecule has 1 aromatic carbocycles. The van der Waals surface area contributed by atoms with Gasteiger partial charge in [0.15, 0.2) is 0 Å². The van der Waals surface area contributed by atoms with E-state index in [2.05, 4.69) is 37.3 Å². The van der Waals surface area contributed by atoms with Crippen molar-refractivity contribution in [3.8, 4) is 0 Å². The molecule has 0 spiro atoms. The average molecular weight is 289 g/mol. The molecule has 0 aliphatic heterocycles. The summed E-state index contributed by atoms with van der Waals surface area (Å²) >= 11 is 1.95. The van der Waals surface area contributed by atoms with Crippen LogP contribution in [0.5, 0.6) is 0 Å². The van der Waals surface area contributed by atoms with Crippen LogP contribution in [0.3, 0.4) is 0 Å². The first kappa shape index (κ1) is 14.5. The van der Waals surface area contributed by atoms with Crippen molar-refractivity contribution < 1.29 is 0 Å². The van der Waals surface area contributed by atoms with Gasteiger partial charge in [-0.05, 0) is 60.8 Å². The summed E-state index contributed by atoms with van der Waals surface area (Å²) in [7, 11) is 0. The Hall–Kier alpha value is -0.470. The van der Waals surface area contributed by atoms with Crippen molar-refractivity contribution in [3.63, 3.8) is 0 Å². The molecule has 110 valence electrons. The van der Waals surface area contributed by atoms with E-state index in [0.29, 0.717) is 10.8 Å². The van der Waals surface area contributed by atoms with Crippen molar-refractivity contribution >= 4 is 11.8 Å². The van der Waals surface area contributed by atoms with Gasteiger partial charge in [0.05, 0.1) is 0 Å². The van der Waals surface area contributed by atoms with E-state index in [-0.39, 0.29) is 0 Å². The van der Waals surface area contributed by atoms with Gasteiger partial charge in [-0.15, -0.1) is 11.8 Å². The molecule has 0 aromatic heterocycles. The van der Waals surface area contributed by atoms with Crippen LogP contribution in [0.25, 0.3) is 0 Å². The number of nitrogens with two attached hydrogens (primary N) is 1. The van der Waals surface area contributed by atoms with Crippen molar-refractivity contribution in [2.45, 2.75) is 50.9 Å². The Morgan fingerprint density at radius 2 is 2.05 bits per heavy atom. The van der Waals surface area contributed by atoms with Crippen LogP contribution in [0.2, 0.25) is 0 Å². The first-order chi connectivity index (χ1) is 9.72. The Balaban J connectivity index is 1.89. The molecule has 2 N–H and O–H groups in total. The normalized spacial score (nSPS) is 36.2. The molecule has 3 unspecified atom stereocenters. The van der Waals surface area contributed by atoms with Gasteiger partial charge in [0, 0.05) is 11.6 Å². The third kappa shape index (κ3) is 2.53. The molecule has 2 saturated carbocycles. The van der Waals surface area contributed by atoms with Gasteiger partial charge in [0.1, 0.15) is 0 Å². The third-order valence-corrected chi connectivity index (χ3v) is 6.84. The molecule has 2 fully saturated rings. The van der Waals surface area contributed by atoms with E-state index in [1.165, 1.54) is 44.3 Å². The van der Waals surface area contributed by atoms with Crippen LogP contribution in [-0.4, -0.2) is 11.6 Å². The lowest BCUT2D eigenvalue weighted by Crippen LogP contribution is -2.40. The topological polar surface area (TPSA) is 26.0 Å². The van der Waals surface area contributed by atoms with Gasteiger partial charge in [-0.1, -0.05) is 37.3 Å². The summed E-state index contributed by atoms with van der Waals surface area (Å²) in [6, 6.07) is 11.3. The number of thioether (sulfide) groups is 1. The fourth-order valence-electron chi connectivity index (χ4n) is 4.95. The molecular formula is C18H27NS. The maximum atomic E-state index is 5.75. The molecule has 0 amide bonds. The molecule has 2 bridgehead atoms. The zero-order chi connectivity index (χ0) is 14.1. The second-order valence-corrected chi connectivity index (χ2v) is 8.04. The summed E-state index contributed by atoms with van der Waals surface area (Å²) in [4.78, 5) is 0. The molecule has 2 heteroatoms. The highest BCUT2D eigenvalue weighted by Gasteiger charge is 2.51. The number of hydrogen-bond donors (Lipinski definition) is 1. The van der Waals surface area contributed by atoms with Crippen molar-refractivity contribution in [2.24, 2.45) is 17.1 Å². The summed E-state index contributed by atoms with van der Waals surface area (Å²) < 4.78 is 0. The van der Waals surface area contributed by atoms with Crippen molar-refractivity contribution in [2.75, 3.05) is 11.6 Å². The first-order valence-electron chi connectivity index (χ1n) is 8.05. The molecular weight excluding hydrogens is 262 g/mol. The zero-order valence-electron chi connectivity index (χ0n) is 12.6. The summed E-state index contributed by atoms with van der Waals surface area (Å²) in [6.07, 6.45) is 8.39. The Morgan fingerprint density at radius 3 is 2.75 bits per heavy atom. The van der Waals surface area contributed by atoms with Gasteiger partial charge in [-0.2, -0.15) is 0 Å². The monoisotopic (exact) mass is 289 g/mol. The van der Waals surface area contributed by atoms with Crippen LogP contribution in [0.1, 0.15) is 51.0 Å². The second kappa shape index (κ2) is 5.73. The number of benzene rings is 1. The largest absolute Gasteiger partial charge is 0.322 e. The van der Waals surface area contributed by atoms with Gasteiger partial charge in [0.25, 0.3) is 0 Å². The summed E-state index contributed by atoms with van der Waals surface area (Å²) in [5.74, 6) is 2.99. The maximum Gasteiger partial charge on any atom is 0.0392 e. The lowest BCUT2D eigenvalue weighted by molar-refractivity contribution is 0.139. The van der Waals surface area contributed by atoms with Crippen LogP contribution in [0.4, 0.5) is 0 Å². The molecule has 3 rings (SSSR count). The minimum atomic E-state index is 0.426. The van der Waals surface area contributed by atoms with Crippen molar-refractivity contribution in [1.29, 1.82) is 0 Å². The van der Waals surface area contributed by atoms with E-state index in [1.54, 1.807) is 5.56 Å². The highest BCUT2D eigenvalue weighted by atomic mass is 32.2. The van der Waals surface area contributed by atoms with E-state index in [4.69, 9.17) is 5.73 Å². The molecule has 1 nitrogen and oxygen atoms in total. The maximum absolute atomic E-state index is 5.75. The summed E-state index contributed by atoms with van der Waals surface area (Å²) in [5.41, 5.74) is 8.32. The van der Waals surface area contributed by atoms with E-state index in [0.717, 1.165) is 11.8 Å². The number of rotatable bonds is 5. The van der Waals surface area contributed by atoms with Gasteiger partial charge in [-0.25, -0.2) is 0 Å². The van der Waals surface area contributed by atoms with E-state index in [9.17, 15) is 0 Å². The molecule has 2 aliphatic carbocycles. The zero-order valence-corrected chi connectivity index (χ0v) is 13.4. The Morgan fingerprint density at radius 1 is 1.25 bits per heavy atom. The highest BCUT2D eigenvalue weighted by Crippen LogP contribution is 2.60. The van der Waals surface area contributed by atoms with Gasteiger partial charge in [0.2, 0.25) is 0 Å². The summed E-state index contributed by atoms with van der Waals surface area (Å²) in [6.45, 7) is 2.39. The second-order valence-electron chi connectivity index (χ2n) is 7.00. The minimum absolute atomic E-state index is 0.426. The predicted molar refractivity (Wildman–Crippen MR) is 88.9 cm³/mol. The van der Waals surface area contributed by atoms with Crippen LogP contribution in [0.15, 0.2) is 30.3 Å². The van der Waals surface area contributed by atoms with Crippen LogP contribution < -0.4 is 5.73 Å². The van der Waals surface area contributed by atoms with Crippen molar-refractivity contribution in [1.82, 2.24) is 0 Å². The van der Waals surface area contributed by atoms with E-state index >= 15 is 0 Å². The predicted octanol–water partition coefficient (Wildman–Crippen LogP) is 4.56. The molecule has 0 heterocycles. The Labute approximate surface area is 127 Å².